The van der Waals surface area contributed by atoms with Crippen molar-refractivity contribution < 1.29 is 9.53 Å². The van der Waals surface area contributed by atoms with Gasteiger partial charge in [-0.15, -0.1) is 0 Å². The molecule has 5 nitrogen and oxygen atoms in total. The Kier molecular flexibility index (Phi) is 5.51. The molecular weight excluding hydrogens is 290 g/mol. The van der Waals surface area contributed by atoms with Gasteiger partial charge in [0.15, 0.2) is 0 Å². The molecule has 1 aromatic carbocycles. The number of carbonyl (C=O) groups excluding carboxylic acids is 1. The molecule has 126 valence electrons. The summed E-state index contributed by atoms with van der Waals surface area (Å²) in [6.45, 7) is 8.10. The Morgan fingerprint density at radius 1 is 1.26 bits per heavy atom. The molecule has 2 fully saturated rings. The first-order chi connectivity index (χ1) is 11.2. The fraction of sp³-hybridized carbons (Fsp3) is 0.611. The van der Waals surface area contributed by atoms with Gasteiger partial charge in [-0.25, -0.2) is 4.79 Å². The summed E-state index contributed by atoms with van der Waals surface area (Å²) in [6.07, 6.45) is 1.04. The van der Waals surface area contributed by atoms with Gasteiger partial charge in [0, 0.05) is 44.7 Å². The minimum atomic E-state index is 0.0733. The fourth-order valence-electron chi connectivity index (χ4n) is 3.53. The molecule has 1 aromatic rings. The van der Waals surface area contributed by atoms with E-state index >= 15 is 0 Å². The Balaban J connectivity index is 1.45. The average molecular weight is 317 g/mol. The molecule has 2 amide bonds. The second-order valence-electron chi connectivity index (χ2n) is 6.53. The maximum Gasteiger partial charge on any atom is 0.317 e. The van der Waals surface area contributed by atoms with E-state index in [0.717, 1.165) is 45.8 Å². The minimum Gasteiger partial charge on any atom is -0.379 e. The van der Waals surface area contributed by atoms with Gasteiger partial charge < -0.3 is 15.0 Å². The van der Waals surface area contributed by atoms with E-state index < -0.39 is 0 Å². The van der Waals surface area contributed by atoms with Crippen molar-refractivity contribution in [2.45, 2.75) is 25.3 Å². The number of carbonyl (C=O) groups is 1. The molecule has 0 bridgehead atoms. The monoisotopic (exact) mass is 317 g/mol. The van der Waals surface area contributed by atoms with Crippen molar-refractivity contribution in [1.82, 2.24) is 15.1 Å². The summed E-state index contributed by atoms with van der Waals surface area (Å²) in [5.74, 6) is 0.455. The number of amides is 2. The van der Waals surface area contributed by atoms with Gasteiger partial charge in [-0.3, -0.25) is 4.90 Å². The number of urea groups is 1. The van der Waals surface area contributed by atoms with Crippen molar-refractivity contribution in [3.63, 3.8) is 0 Å². The Bertz CT molecular complexity index is 502. The lowest BCUT2D eigenvalue weighted by atomic mass is 9.97. The molecular formula is C18H27N3O2. The summed E-state index contributed by atoms with van der Waals surface area (Å²) in [5.41, 5.74) is 1.34. The molecule has 5 heteroatoms. The van der Waals surface area contributed by atoms with Gasteiger partial charge in [-0.1, -0.05) is 30.3 Å². The van der Waals surface area contributed by atoms with Crippen LogP contribution in [0.3, 0.4) is 0 Å². The topological polar surface area (TPSA) is 44.8 Å². The zero-order chi connectivity index (χ0) is 16.1. The first-order valence-electron chi connectivity index (χ1n) is 8.63. The highest BCUT2D eigenvalue weighted by Gasteiger charge is 2.32. The predicted molar refractivity (Wildman–Crippen MR) is 90.6 cm³/mol. The van der Waals surface area contributed by atoms with Crippen molar-refractivity contribution in [2.75, 3.05) is 45.9 Å². The van der Waals surface area contributed by atoms with Crippen LogP contribution in [-0.2, 0) is 4.74 Å². The summed E-state index contributed by atoms with van der Waals surface area (Å²) in [6, 6.07) is 10.9. The first-order valence-corrected chi connectivity index (χ1v) is 8.63. The van der Waals surface area contributed by atoms with E-state index in [4.69, 9.17) is 4.74 Å². The second kappa shape index (κ2) is 7.79. The molecule has 2 atom stereocenters. The van der Waals surface area contributed by atoms with Crippen molar-refractivity contribution >= 4 is 6.03 Å². The van der Waals surface area contributed by atoms with Crippen LogP contribution in [-0.4, -0.2) is 67.8 Å². The first kappa shape index (κ1) is 16.3. The number of nitrogens with zero attached hydrogens (tertiary/aromatic N) is 2. The third-order valence-electron chi connectivity index (χ3n) is 4.91. The lowest BCUT2D eigenvalue weighted by Gasteiger charge is -2.27. The van der Waals surface area contributed by atoms with Crippen LogP contribution in [0.5, 0.6) is 0 Å². The third-order valence-corrected chi connectivity index (χ3v) is 4.91. The number of morpholine rings is 1. The number of nitrogens with one attached hydrogen (secondary N) is 1. The predicted octanol–water partition coefficient (Wildman–Crippen LogP) is 1.91. The number of hydrogen-bond acceptors (Lipinski definition) is 3. The van der Waals surface area contributed by atoms with Crippen LogP contribution >= 0.6 is 0 Å². The third kappa shape index (κ3) is 4.24. The number of likely N-dealkylation sites (tertiary alicyclic amines) is 1. The van der Waals surface area contributed by atoms with Gasteiger partial charge in [0.1, 0.15) is 0 Å². The molecule has 2 unspecified atom stereocenters. The summed E-state index contributed by atoms with van der Waals surface area (Å²) >= 11 is 0. The average Bonchev–Trinajstić information content (AvgIpc) is 2.98. The van der Waals surface area contributed by atoms with Crippen LogP contribution < -0.4 is 5.32 Å². The van der Waals surface area contributed by atoms with E-state index in [1.807, 2.05) is 11.0 Å². The minimum absolute atomic E-state index is 0.0733. The van der Waals surface area contributed by atoms with Crippen molar-refractivity contribution in [1.29, 1.82) is 0 Å². The highest BCUT2D eigenvalue weighted by atomic mass is 16.5. The maximum atomic E-state index is 12.4. The van der Waals surface area contributed by atoms with Gasteiger partial charge >= 0.3 is 6.03 Å². The normalized spacial score (nSPS) is 25.5. The molecule has 2 aliphatic heterocycles. The second-order valence-corrected chi connectivity index (χ2v) is 6.53. The molecule has 23 heavy (non-hydrogen) atoms. The molecule has 2 aliphatic rings. The van der Waals surface area contributed by atoms with E-state index in [1.54, 1.807) is 0 Å². The lowest BCUT2D eigenvalue weighted by molar-refractivity contribution is 0.0386. The Hall–Kier alpha value is -1.59. The molecule has 0 aliphatic carbocycles. The number of benzene rings is 1. The summed E-state index contributed by atoms with van der Waals surface area (Å²) in [5, 5.41) is 3.08. The quantitative estimate of drug-likeness (QED) is 0.922. The molecule has 3 rings (SSSR count). The molecule has 0 spiro atoms. The summed E-state index contributed by atoms with van der Waals surface area (Å²) in [7, 11) is 0. The smallest absolute Gasteiger partial charge is 0.317 e. The van der Waals surface area contributed by atoms with Gasteiger partial charge in [-0.2, -0.15) is 0 Å². The van der Waals surface area contributed by atoms with E-state index in [-0.39, 0.29) is 6.03 Å². The summed E-state index contributed by atoms with van der Waals surface area (Å²) < 4.78 is 5.34. The van der Waals surface area contributed by atoms with Gasteiger partial charge in [0.2, 0.25) is 0 Å². The van der Waals surface area contributed by atoms with Crippen molar-refractivity contribution in [3.05, 3.63) is 35.9 Å². The standard InChI is InChI=1S/C18H27N3O2/c1-15-13-17(16-5-3-2-4-6-16)14-21(15)18(22)19-7-8-20-9-11-23-12-10-20/h2-6,15,17H,7-14H2,1H3,(H,19,22). The van der Waals surface area contributed by atoms with Crippen molar-refractivity contribution in [3.8, 4) is 0 Å². The van der Waals surface area contributed by atoms with Gasteiger partial charge in [0.05, 0.1) is 13.2 Å². The molecule has 2 heterocycles. The molecule has 0 radical (unpaired) electrons. The molecule has 2 saturated heterocycles. The SMILES string of the molecule is CC1CC(c2ccccc2)CN1C(=O)NCCN1CCOCC1. The number of hydrogen-bond donors (Lipinski definition) is 1. The lowest BCUT2D eigenvalue weighted by Crippen LogP contribution is -2.46. The van der Waals surface area contributed by atoms with E-state index in [0.29, 0.717) is 18.5 Å². The van der Waals surface area contributed by atoms with Gasteiger partial charge in [-0.05, 0) is 18.9 Å². The van der Waals surface area contributed by atoms with Crippen molar-refractivity contribution in [2.24, 2.45) is 0 Å². The highest BCUT2D eigenvalue weighted by Crippen LogP contribution is 2.31. The Morgan fingerprint density at radius 2 is 2.00 bits per heavy atom. The number of rotatable bonds is 4. The zero-order valence-corrected chi connectivity index (χ0v) is 13.9. The number of ether oxygens (including phenoxy) is 1. The molecule has 0 saturated carbocycles. The van der Waals surface area contributed by atoms with E-state index in [2.05, 4.69) is 41.4 Å². The van der Waals surface area contributed by atoms with Crippen LogP contribution in [0.4, 0.5) is 4.79 Å². The van der Waals surface area contributed by atoms with E-state index in [9.17, 15) is 4.79 Å². The molecule has 1 N–H and O–H groups in total. The highest BCUT2D eigenvalue weighted by molar-refractivity contribution is 5.75. The maximum absolute atomic E-state index is 12.4. The fourth-order valence-corrected chi connectivity index (χ4v) is 3.53. The largest absolute Gasteiger partial charge is 0.379 e. The van der Waals surface area contributed by atoms with Crippen LogP contribution in [0.15, 0.2) is 30.3 Å². The summed E-state index contributed by atoms with van der Waals surface area (Å²) in [4.78, 5) is 16.8. The van der Waals surface area contributed by atoms with Crippen LogP contribution in [0.25, 0.3) is 0 Å². The Morgan fingerprint density at radius 3 is 2.74 bits per heavy atom. The zero-order valence-electron chi connectivity index (χ0n) is 13.9. The Labute approximate surface area is 138 Å². The van der Waals surface area contributed by atoms with Crippen LogP contribution in [0.2, 0.25) is 0 Å². The van der Waals surface area contributed by atoms with Gasteiger partial charge in [0.25, 0.3) is 0 Å². The van der Waals surface area contributed by atoms with Crippen LogP contribution in [0, 0.1) is 0 Å². The van der Waals surface area contributed by atoms with Crippen LogP contribution in [0.1, 0.15) is 24.8 Å². The van der Waals surface area contributed by atoms with E-state index in [1.165, 1.54) is 5.56 Å². The molecule has 0 aromatic heterocycles.